The molecule has 3 fully saturated rings. The predicted octanol–water partition coefficient (Wildman–Crippen LogP) is 2.76. The van der Waals surface area contributed by atoms with Crippen molar-refractivity contribution in [2.45, 2.75) is 94.0 Å². The smallest absolute Gasteiger partial charge is 0.0687 e. The molecular formula is C16H29NO2. The Bertz CT molecular complexity index is 304. The van der Waals surface area contributed by atoms with E-state index in [1.54, 1.807) is 0 Å². The summed E-state index contributed by atoms with van der Waals surface area (Å²) in [7, 11) is 2.03. The van der Waals surface area contributed by atoms with Crippen molar-refractivity contribution in [1.82, 2.24) is 5.32 Å². The lowest BCUT2D eigenvalue weighted by Crippen LogP contribution is -2.42. The number of hydrogen-bond acceptors (Lipinski definition) is 3. The average molecular weight is 267 g/mol. The second-order valence-corrected chi connectivity index (χ2v) is 7.16. The van der Waals surface area contributed by atoms with Crippen molar-refractivity contribution in [3.8, 4) is 0 Å². The Morgan fingerprint density at radius 3 is 2.37 bits per heavy atom. The van der Waals surface area contributed by atoms with Crippen molar-refractivity contribution in [2.24, 2.45) is 0 Å². The van der Waals surface area contributed by atoms with Crippen LogP contribution in [0.15, 0.2) is 0 Å². The van der Waals surface area contributed by atoms with Gasteiger partial charge < -0.3 is 15.2 Å². The highest BCUT2D eigenvalue weighted by atomic mass is 16.5. The Hall–Kier alpha value is -0.120. The number of aliphatic hydroxyl groups is 1. The summed E-state index contributed by atoms with van der Waals surface area (Å²) in [4.78, 5) is 0. The lowest BCUT2D eigenvalue weighted by Gasteiger charge is -2.38. The molecule has 3 heteroatoms. The molecule has 0 bridgehead atoms. The minimum Gasteiger partial charge on any atom is -0.390 e. The first-order valence-electron chi connectivity index (χ1n) is 8.21. The van der Waals surface area contributed by atoms with Crippen molar-refractivity contribution >= 4 is 0 Å². The molecule has 1 heterocycles. The first kappa shape index (κ1) is 13.8. The van der Waals surface area contributed by atoms with E-state index in [0.717, 1.165) is 38.5 Å². The zero-order chi connectivity index (χ0) is 13.3. The van der Waals surface area contributed by atoms with Crippen molar-refractivity contribution in [3.63, 3.8) is 0 Å². The largest absolute Gasteiger partial charge is 0.390 e. The van der Waals surface area contributed by atoms with Gasteiger partial charge in [0.2, 0.25) is 0 Å². The summed E-state index contributed by atoms with van der Waals surface area (Å²) in [6.07, 6.45) is 12.8. The van der Waals surface area contributed by atoms with Gasteiger partial charge in [-0.15, -0.1) is 0 Å². The summed E-state index contributed by atoms with van der Waals surface area (Å²) in [6, 6.07) is 0.603. The number of hydrogen-bond donors (Lipinski definition) is 2. The van der Waals surface area contributed by atoms with Crippen LogP contribution < -0.4 is 5.32 Å². The van der Waals surface area contributed by atoms with Crippen LogP contribution in [-0.4, -0.2) is 35.5 Å². The zero-order valence-electron chi connectivity index (χ0n) is 12.3. The van der Waals surface area contributed by atoms with Crippen LogP contribution in [0.25, 0.3) is 0 Å². The van der Waals surface area contributed by atoms with E-state index in [9.17, 15) is 5.11 Å². The maximum atomic E-state index is 10.8. The predicted molar refractivity (Wildman–Crippen MR) is 76.2 cm³/mol. The van der Waals surface area contributed by atoms with Crippen LogP contribution in [0.3, 0.4) is 0 Å². The van der Waals surface area contributed by atoms with Crippen LogP contribution in [0.2, 0.25) is 0 Å². The maximum Gasteiger partial charge on any atom is 0.0687 e. The SMILES string of the molecule is CNC1CCC(O)(CC2CCC3(CCCC3)O2)CC1. The molecule has 3 aliphatic rings. The molecule has 1 aliphatic heterocycles. The van der Waals surface area contributed by atoms with Crippen LogP contribution in [0.5, 0.6) is 0 Å². The highest BCUT2D eigenvalue weighted by Gasteiger charge is 2.45. The second kappa shape index (κ2) is 5.34. The summed E-state index contributed by atoms with van der Waals surface area (Å²) in [5, 5.41) is 14.1. The second-order valence-electron chi connectivity index (χ2n) is 7.16. The molecule has 2 aliphatic carbocycles. The summed E-state index contributed by atoms with van der Waals surface area (Å²) < 4.78 is 6.36. The number of nitrogens with one attached hydrogen (secondary N) is 1. The van der Waals surface area contributed by atoms with E-state index in [4.69, 9.17) is 4.74 Å². The summed E-state index contributed by atoms with van der Waals surface area (Å²) >= 11 is 0. The Labute approximate surface area is 117 Å². The number of ether oxygens (including phenoxy) is 1. The van der Waals surface area contributed by atoms with Gasteiger partial charge in [0.15, 0.2) is 0 Å². The van der Waals surface area contributed by atoms with Crippen LogP contribution in [0.1, 0.15) is 70.6 Å². The monoisotopic (exact) mass is 267 g/mol. The van der Waals surface area contributed by atoms with E-state index >= 15 is 0 Å². The molecule has 3 rings (SSSR count). The molecule has 0 radical (unpaired) electrons. The van der Waals surface area contributed by atoms with Crippen molar-refractivity contribution in [2.75, 3.05) is 7.05 Å². The molecule has 1 spiro atoms. The van der Waals surface area contributed by atoms with Gasteiger partial charge in [-0.2, -0.15) is 0 Å². The Balaban J connectivity index is 1.52. The molecule has 0 aromatic heterocycles. The van der Waals surface area contributed by atoms with Gasteiger partial charge in [0, 0.05) is 12.5 Å². The van der Waals surface area contributed by atoms with Gasteiger partial charge in [0.25, 0.3) is 0 Å². The van der Waals surface area contributed by atoms with E-state index in [1.165, 1.54) is 32.1 Å². The highest BCUT2D eigenvalue weighted by Crippen LogP contribution is 2.46. The lowest BCUT2D eigenvalue weighted by atomic mass is 9.78. The Morgan fingerprint density at radius 1 is 1.05 bits per heavy atom. The first-order chi connectivity index (χ1) is 9.13. The normalized spacial score (nSPS) is 42.0. The van der Waals surface area contributed by atoms with Gasteiger partial charge in [0.1, 0.15) is 0 Å². The van der Waals surface area contributed by atoms with E-state index in [1.807, 2.05) is 7.05 Å². The molecular weight excluding hydrogens is 238 g/mol. The molecule has 0 amide bonds. The van der Waals surface area contributed by atoms with Crippen LogP contribution in [-0.2, 0) is 4.74 Å². The van der Waals surface area contributed by atoms with Gasteiger partial charge in [-0.05, 0) is 58.4 Å². The fourth-order valence-electron chi connectivity index (χ4n) is 4.50. The van der Waals surface area contributed by atoms with Gasteiger partial charge >= 0.3 is 0 Å². The molecule has 110 valence electrons. The van der Waals surface area contributed by atoms with E-state index in [2.05, 4.69) is 5.32 Å². The third-order valence-electron chi connectivity index (χ3n) is 5.79. The van der Waals surface area contributed by atoms with E-state index < -0.39 is 5.60 Å². The van der Waals surface area contributed by atoms with Crippen molar-refractivity contribution < 1.29 is 9.84 Å². The molecule has 2 N–H and O–H groups in total. The fourth-order valence-corrected chi connectivity index (χ4v) is 4.50. The highest BCUT2D eigenvalue weighted by molar-refractivity contribution is 4.96. The Kier molecular flexibility index (Phi) is 3.89. The number of rotatable bonds is 3. The topological polar surface area (TPSA) is 41.5 Å². The third-order valence-corrected chi connectivity index (χ3v) is 5.79. The van der Waals surface area contributed by atoms with Crippen LogP contribution >= 0.6 is 0 Å². The summed E-state index contributed by atoms with van der Waals surface area (Å²) in [6.45, 7) is 0. The van der Waals surface area contributed by atoms with Crippen molar-refractivity contribution in [3.05, 3.63) is 0 Å². The summed E-state index contributed by atoms with van der Waals surface area (Å²) in [5.41, 5.74) is -0.245. The molecule has 19 heavy (non-hydrogen) atoms. The van der Waals surface area contributed by atoms with Gasteiger partial charge in [0.05, 0.1) is 17.3 Å². The molecule has 1 saturated heterocycles. The Morgan fingerprint density at radius 2 is 1.74 bits per heavy atom. The van der Waals surface area contributed by atoms with Gasteiger partial charge in [-0.3, -0.25) is 0 Å². The lowest BCUT2D eigenvalue weighted by molar-refractivity contribution is -0.0882. The standard InChI is InChI=1S/C16H29NO2/c1-17-13-4-9-15(18,10-5-13)12-14-6-11-16(19-14)7-2-3-8-16/h13-14,17-18H,2-12H2,1H3. The van der Waals surface area contributed by atoms with Crippen LogP contribution in [0.4, 0.5) is 0 Å². The summed E-state index contributed by atoms with van der Waals surface area (Å²) in [5.74, 6) is 0. The minimum absolute atomic E-state index is 0.212. The molecule has 1 atom stereocenters. The van der Waals surface area contributed by atoms with E-state index in [0.29, 0.717) is 12.1 Å². The van der Waals surface area contributed by atoms with Crippen LogP contribution in [0, 0.1) is 0 Å². The van der Waals surface area contributed by atoms with Gasteiger partial charge in [-0.25, -0.2) is 0 Å². The molecule has 1 unspecified atom stereocenters. The molecule has 0 aromatic rings. The average Bonchev–Trinajstić information content (AvgIpc) is 3.01. The fraction of sp³-hybridized carbons (Fsp3) is 1.00. The zero-order valence-corrected chi connectivity index (χ0v) is 12.3. The minimum atomic E-state index is -0.456. The molecule has 0 aromatic carbocycles. The maximum absolute atomic E-state index is 10.8. The van der Waals surface area contributed by atoms with Crippen molar-refractivity contribution in [1.29, 1.82) is 0 Å². The van der Waals surface area contributed by atoms with Gasteiger partial charge in [-0.1, -0.05) is 12.8 Å². The third kappa shape index (κ3) is 2.98. The molecule has 2 saturated carbocycles. The quantitative estimate of drug-likeness (QED) is 0.826. The first-order valence-corrected chi connectivity index (χ1v) is 8.21. The molecule has 3 nitrogen and oxygen atoms in total. The van der Waals surface area contributed by atoms with E-state index in [-0.39, 0.29) is 5.60 Å².